The molecule has 0 amide bonds. The Balaban J connectivity index is 0.00000225. The van der Waals surface area contributed by atoms with Crippen LogP contribution in [0.1, 0.15) is 32.1 Å². The van der Waals surface area contributed by atoms with Crippen LogP contribution >= 0.6 is 35.7 Å². The Morgan fingerprint density at radius 1 is 1.31 bits per heavy atom. The average molecular weight is 357 g/mol. The molecule has 16 heavy (non-hydrogen) atoms. The first kappa shape index (κ1) is 16.4. The molecule has 1 fully saturated rings. The van der Waals surface area contributed by atoms with Crippen molar-refractivity contribution in [3.8, 4) is 0 Å². The van der Waals surface area contributed by atoms with Gasteiger partial charge in [0.15, 0.2) is 5.96 Å². The molecular formula is C11H24IN3S. The summed E-state index contributed by atoms with van der Waals surface area (Å²) in [6.45, 7) is 0.994. The molecule has 0 saturated heterocycles. The Labute approximate surface area is 121 Å². The van der Waals surface area contributed by atoms with Crippen LogP contribution in [0.3, 0.4) is 0 Å². The SMILES string of the molecule is CN=C(NCCSC)NC1CCCCC1.I. The van der Waals surface area contributed by atoms with E-state index in [9.17, 15) is 0 Å². The maximum Gasteiger partial charge on any atom is 0.191 e. The molecule has 0 aliphatic heterocycles. The van der Waals surface area contributed by atoms with Crippen LogP contribution in [0.2, 0.25) is 0 Å². The summed E-state index contributed by atoms with van der Waals surface area (Å²) in [5.74, 6) is 2.10. The molecule has 0 aromatic rings. The minimum atomic E-state index is 0. The van der Waals surface area contributed by atoms with E-state index in [1.54, 1.807) is 0 Å². The Morgan fingerprint density at radius 3 is 2.56 bits per heavy atom. The second-order valence-electron chi connectivity index (χ2n) is 3.97. The molecule has 96 valence electrons. The monoisotopic (exact) mass is 357 g/mol. The van der Waals surface area contributed by atoms with Crippen molar-refractivity contribution in [2.45, 2.75) is 38.1 Å². The fraction of sp³-hybridized carbons (Fsp3) is 0.909. The highest BCUT2D eigenvalue weighted by Gasteiger charge is 2.13. The van der Waals surface area contributed by atoms with Gasteiger partial charge >= 0.3 is 0 Å². The number of nitrogens with zero attached hydrogens (tertiary/aromatic N) is 1. The van der Waals surface area contributed by atoms with Gasteiger partial charge < -0.3 is 10.6 Å². The Hall–Kier alpha value is 0.350. The zero-order valence-corrected chi connectivity index (χ0v) is 13.4. The van der Waals surface area contributed by atoms with Gasteiger partial charge in [-0.1, -0.05) is 19.3 Å². The van der Waals surface area contributed by atoms with Gasteiger partial charge in [0.1, 0.15) is 0 Å². The predicted molar refractivity (Wildman–Crippen MR) is 85.2 cm³/mol. The standard InChI is InChI=1S/C11H23N3S.HI/c1-12-11(13-8-9-15-2)14-10-6-4-3-5-7-10;/h10H,3-9H2,1-2H3,(H2,12,13,14);1H. The van der Waals surface area contributed by atoms with Gasteiger partial charge in [-0.2, -0.15) is 11.8 Å². The number of hydrogen-bond acceptors (Lipinski definition) is 2. The molecule has 0 radical (unpaired) electrons. The number of aliphatic imine (C=N–C) groups is 1. The summed E-state index contributed by atoms with van der Waals surface area (Å²) in [4.78, 5) is 4.24. The van der Waals surface area contributed by atoms with Crippen molar-refractivity contribution in [2.75, 3.05) is 25.6 Å². The number of halogens is 1. The minimum absolute atomic E-state index is 0. The molecule has 0 atom stereocenters. The van der Waals surface area contributed by atoms with Crippen LogP contribution in [0.5, 0.6) is 0 Å². The number of rotatable bonds is 4. The molecule has 1 rings (SSSR count). The van der Waals surface area contributed by atoms with E-state index in [0.717, 1.165) is 18.3 Å². The quantitative estimate of drug-likeness (QED) is 0.351. The van der Waals surface area contributed by atoms with Crippen LogP contribution in [0.25, 0.3) is 0 Å². The van der Waals surface area contributed by atoms with Crippen LogP contribution < -0.4 is 10.6 Å². The average Bonchev–Trinajstić information content (AvgIpc) is 2.29. The lowest BCUT2D eigenvalue weighted by Gasteiger charge is -2.24. The normalized spacial score (nSPS) is 17.8. The van der Waals surface area contributed by atoms with Crippen molar-refractivity contribution >= 4 is 41.7 Å². The van der Waals surface area contributed by atoms with Crippen LogP contribution in [0.4, 0.5) is 0 Å². The zero-order chi connectivity index (χ0) is 10.9. The van der Waals surface area contributed by atoms with Crippen molar-refractivity contribution in [3.05, 3.63) is 0 Å². The zero-order valence-electron chi connectivity index (χ0n) is 10.3. The third kappa shape index (κ3) is 6.83. The summed E-state index contributed by atoms with van der Waals surface area (Å²) in [6, 6.07) is 0.638. The molecule has 1 aliphatic rings. The van der Waals surface area contributed by atoms with Crippen LogP contribution in [0, 0.1) is 0 Å². The lowest BCUT2D eigenvalue weighted by atomic mass is 9.96. The Morgan fingerprint density at radius 2 is 2.00 bits per heavy atom. The molecule has 0 aromatic carbocycles. The van der Waals surface area contributed by atoms with Gasteiger partial charge in [-0.05, 0) is 19.1 Å². The number of hydrogen-bond donors (Lipinski definition) is 2. The molecule has 0 heterocycles. The summed E-state index contributed by atoms with van der Waals surface area (Å²) in [6.07, 6.45) is 8.83. The van der Waals surface area contributed by atoms with Gasteiger partial charge in [0.2, 0.25) is 0 Å². The molecule has 0 spiro atoms. The molecular weight excluding hydrogens is 333 g/mol. The molecule has 5 heteroatoms. The first-order valence-electron chi connectivity index (χ1n) is 5.83. The van der Waals surface area contributed by atoms with E-state index in [1.165, 1.54) is 32.1 Å². The van der Waals surface area contributed by atoms with Crippen molar-refractivity contribution in [2.24, 2.45) is 4.99 Å². The van der Waals surface area contributed by atoms with E-state index in [4.69, 9.17) is 0 Å². The predicted octanol–water partition coefficient (Wildman–Crippen LogP) is 2.47. The molecule has 2 N–H and O–H groups in total. The van der Waals surface area contributed by atoms with Crippen molar-refractivity contribution in [1.29, 1.82) is 0 Å². The molecule has 1 saturated carbocycles. The minimum Gasteiger partial charge on any atom is -0.356 e. The lowest BCUT2D eigenvalue weighted by Crippen LogP contribution is -2.44. The third-order valence-electron chi connectivity index (χ3n) is 2.77. The van der Waals surface area contributed by atoms with Gasteiger partial charge in [-0.3, -0.25) is 4.99 Å². The number of nitrogens with one attached hydrogen (secondary N) is 2. The number of guanidine groups is 1. The maximum atomic E-state index is 4.24. The van der Waals surface area contributed by atoms with Crippen LogP contribution in [-0.4, -0.2) is 37.6 Å². The Bertz CT molecular complexity index is 194. The van der Waals surface area contributed by atoms with Crippen molar-refractivity contribution in [1.82, 2.24) is 10.6 Å². The van der Waals surface area contributed by atoms with Gasteiger partial charge in [-0.25, -0.2) is 0 Å². The van der Waals surface area contributed by atoms with Gasteiger partial charge in [-0.15, -0.1) is 24.0 Å². The molecule has 3 nitrogen and oxygen atoms in total. The summed E-state index contributed by atoms with van der Waals surface area (Å²) in [5.41, 5.74) is 0. The van der Waals surface area contributed by atoms with Crippen molar-refractivity contribution < 1.29 is 0 Å². The molecule has 0 bridgehead atoms. The molecule has 1 aliphatic carbocycles. The van der Waals surface area contributed by atoms with E-state index >= 15 is 0 Å². The summed E-state index contributed by atoms with van der Waals surface area (Å²) < 4.78 is 0. The molecule has 0 unspecified atom stereocenters. The van der Waals surface area contributed by atoms with Crippen LogP contribution in [-0.2, 0) is 0 Å². The highest BCUT2D eigenvalue weighted by Crippen LogP contribution is 2.17. The molecule has 0 aromatic heterocycles. The topological polar surface area (TPSA) is 36.4 Å². The highest BCUT2D eigenvalue weighted by molar-refractivity contribution is 14.0. The van der Waals surface area contributed by atoms with E-state index in [2.05, 4.69) is 21.9 Å². The maximum absolute atomic E-state index is 4.24. The first-order chi connectivity index (χ1) is 7.36. The first-order valence-corrected chi connectivity index (χ1v) is 7.22. The second-order valence-corrected chi connectivity index (χ2v) is 4.96. The second kappa shape index (κ2) is 10.5. The largest absolute Gasteiger partial charge is 0.356 e. The van der Waals surface area contributed by atoms with E-state index in [1.807, 2.05) is 18.8 Å². The summed E-state index contributed by atoms with van der Waals surface area (Å²) in [5, 5.41) is 6.83. The van der Waals surface area contributed by atoms with Crippen molar-refractivity contribution in [3.63, 3.8) is 0 Å². The third-order valence-corrected chi connectivity index (χ3v) is 3.38. The van der Waals surface area contributed by atoms with E-state index in [0.29, 0.717) is 6.04 Å². The van der Waals surface area contributed by atoms with Gasteiger partial charge in [0, 0.05) is 25.4 Å². The fourth-order valence-electron chi connectivity index (χ4n) is 1.91. The Kier molecular flexibility index (Phi) is 10.7. The van der Waals surface area contributed by atoms with Gasteiger partial charge in [0.05, 0.1) is 0 Å². The number of thioether (sulfide) groups is 1. The van der Waals surface area contributed by atoms with E-state index in [-0.39, 0.29) is 24.0 Å². The lowest BCUT2D eigenvalue weighted by molar-refractivity contribution is 0.410. The fourth-order valence-corrected chi connectivity index (χ4v) is 2.21. The summed E-state index contributed by atoms with van der Waals surface area (Å²) >= 11 is 1.85. The van der Waals surface area contributed by atoms with Gasteiger partial charge in [0.25, 0.3) is 0 Å². The van der Waals surface area contributed by atoms with Crippen LogP contribution in [0.15, 0.2) is 4.99 Å². The van der Waals surface area contributed by atoms with E-state index < -0.39 is 0 Å². The summed E-state index contributed by atoms with van der Waals surface area (Å²) in [7, 11) is 1.84. The smallest absolute Gasteiger partial charge is 0.191 e. The highest BCUT2D eigenvalue weighted by atomic mass is 127.